The predicted molar refractivity (Wildman–Crippen MR) is 81.1 cm³/mol. The summed E-state index contributed by atoms with van der Waals surface area (Å²) in [4.78, 5) is 2.05. The maximum absolute atomic E-state index is 6.14. The first kappa shape index (κ1) is 12.7. The van der Waals surface area contributed by atoms with Crippen molar-refractivity contribution in [1.29, 1.82) is 0 Å². The van der Waals surface area contributed by atoms with Gasteiger partial charge in [-0.3, -0.25) is 0 Å². The molecule has 0 aromatic heterocycles. The van der Waals surface area contributed by atoms with Crippen molar-refractivity contribution in [2.24, 2.45) is 0 Å². The van der Waals surface area contributed by atoms with E-state index in [0.717, 1.165) is 22.9 Å². The van der Waals surface area contributed by atoms with Gasteiger partial charge in [-0.25, -0.2) is 0 Å². The number of anilines is 3. The van der Waals surface area contributed by atoms with Gasteiger partial charge in [0.2, 0.25) is 0 Å². The molecule has 0 atom stereocenters. The molecule has 1 heterocycles. The number of nitrogen functional groups attached to an aromatic ring is 1. The largest absolute Gasteiger partial charge is 0.486 e. The van der Waals surface area contributed by atoms with Gasteiger partial charge in [-0.1, -0.05) is 17.7 Å². The van der Waals surface area contributed by atoms with Crippen molar-refractivity contribution in [2.75, 3.05) is 30.9 Å². The minimum atomic E-state index is 0.569. The summed E-state index contributed by atoms with van der Waals surface area (Å²) >= 11 is 0. The van der Waals surface area contributed by atoms with E-state index in [1.165, 1.54) is 5.56 Å². The van der Waals surface area contributed by atoms with Gasteiger partial charge in [0, 0.05) is 24.9 Å². The van der Waals surface area contributed by atoms with Gasteiger partial charge in [-0.05, 0) is 19.1 Å². The third-order valence-corrected chi connectivity index (χ3v) is 3.47. The molecule has 1 aliphatic rings. The molecule has 0 bridgehead atoms. The van der Waals surface area contributed by atoms with Crippen LogP contribution in [0.15, 0.2) is 36.4 Å². The van der Waals surface area contributed by atoms with Gasteiger partial charge in [0.1, 0.15) is 13.2 Å². The maximum Gasteiger partial charge on any atom is 0.163 e. The van der Waals surface area contributed by atoms with Crippen molar-refractivity contribution in [3.8, 4) is 11.5 Å². The molecule has 4 nitrogen and oxygen atoms in total. The van der Waals surface area contributed by atoms with E-state index < -0.39 is 0 Å². The van der Waals surface area contributed by atoms with Crippen LogP contribution in [0.25, 0.3) is 0 Å². The van der Waals surface area contributed by atoms with Gasteiger partial charge in [-0.15, -0.1) is 0 Å². The average molecular weight is 270 g/mol. The fraction of sp³-hybridized carbons (Fsp3) is 0.250. The summed E-state index contributed by atoms with van der Waals surface area (Å²) in [7, 11) is 1.99. The van der Waals surface area contributed by atoms with Crippen LogP contribution in [-0.2, 0) is 0 Å². The molecule has 4 heteroatoms. The van der Waals surface area contributed by atoms with Crippen LogP contribution in [0.4, 0.5) is 17.1 Å². The Morgan fingerprint density at radius 3 is 2.25 bits per heavy atom. The number of nitrogens with zero attached hydrogens (tertiary/aromatic N) is 1. The minimum Gasteiger partial charge on any atom is -0.486 e. The summed E-state index contributed by atoms with van der Waals surface area (Å²) in [5, 5.41) is 0. The number of nitrogens with two attached hydrogens (primary N) is 1. The molecular weight excluding hydrogens is 252 g/mol. The molecular formula is C16H18N2O2. The molecule has 0 radical (unpaired) electrons. The van der Waals surface area contributed by atoms with Crippen LogP contribution in [0.5, 0.6) is 11.5 Å². The maximum atomic E-state index is 6.14. The van der Waals surface area contributed by atoms with Crippen molar-refractivity contribution >= 4 is 17.1 Å². The molecule has 0 amide bonds. The van der Waals surface area contributed by atoms with E-state index in [4.69, 9.17) is 15.2 Å². The Kier molecular flexibility index (Phi) is 3.14. The molecule has 0 saturated heterocycles. The van der Waals surface area contributed by atoms with Crippen LogP contribution in [0.3, 0.4) is 0 Å². The van der Waals surface area contributed by atoms with E-state index in [0.29, 0.717) is 18.9 Å². The van der Waals surface area contributed by atoms with Gasteiger partial charge in [0.25, 0.3) is 0 Å². The van der Waals surface area contributed by atoms with Crippen molar-refractivity contribution in [1.82, 2.24) is 0 Å². The fourth-order valence-electron chi connectivity index (χ4n) is 2.29. The molecule has 0 spiro atoms. The number of aryl methyl sites for hydroxylation is 1. The van der Waals surface area contributed by atoms with Crippen LogP contribution >= 0.6 is 0 Å². The van der Waals surface area contributed by atoms with Crippen LogP contribution in [0.1, 0.15) is 5.56 Å². The summed E-state index contributed by atoms with van der Waals surface area (Å²) < 4.78 is 11.2. The molecule has 2 aromatic carbocycles. The summed E-state index contributed by atoms with van der Waals surface area (Å²) in [5.74, 6) is 1.47. The first-order valence-corrected chi connectivity index (χ1v) is 6.64. The Morgan fingerprint density at radius 1 is 1.00 bits per heavy atom. The van der Waals surface area contributed by atoms with Crippen LogP contribution < -0.4 is 20.1 Å². The molecule has 0 fully saturated rings. The highest BCUT2D eigenvalue weighted by atomic mass is 16.6. The van der Waals surface area contributed by atoms with E-state index in [1.807, 2.05) is 24.1 Å². The van der Waals surface area contributed by atoms with Crippen molar-refractivity contribution < 1.29 is 9.47 Å². The van der Waals surface area contributed by atoms with Crippen molar-refractivity contribution in [3.05, 3.63) is 42.0 Å². The molecule has 2 N–H and O–H groups in total. The third-order valence-electron chi connectivity index (χ3n) is 3.47. The van der Waals surface area contributed by atoms with E-state index in [9.17, 15) is 0 Å². The fourth-order valence-corrected chi connectivity index (χ4v) is 2.29. The number of fused-ring (bicyclic) bond motifs is 1. The summed E-state index contributed by atoms with van der Waals surface area (Å²) in [6.07, 6.45) is 0. The molecule has 0 aliphatic carbocycles. The zero-order chi connectivity index (χ0) is 14.1. The number of hydrogen-bond acceptors (Lipinski definition) is 4. The standard InChI is InChI=1S/C16H18N2O2/c1-11-3-5-12(6-4-11)18(2)14-10-16-15(9-13(14)17)19-7-8-20-16/h3-6,9-10H,7-8,17H2,1-2H3. The highest BCUT2D eigenvalue weighted by Gasteiger charge is 2.17. The number of rotatable bonds is 2. The Morgan fingerprint density at radius 2 is 1.60 bits per heavy atom. The highest BCUT2D eigenvalue weighted by molar-refractivity contribution is 5.78. The lowest BCUT2D eigenvalue weighted by Gasteiger charge is -2.25. The Balaban J connectivity index is 1.98. The SMILES string of the molecule is Cc1ccc(N(C)c2cc3c(cc2N)OCCO3)cc1. The lowest BCUT2D eigenvalue weighted by atomic mass is 10.1. The normalized spacial score (nSPS) is 13.1. The molecule has 0 saturated carbocycles. The summed E-state index contributed by atoms with van der Waals surface area (Å²) in [6, 6.07) is 12.1. The number of ether oxygens (including phenoxy) is 2. The van der Waals surface area contributed by atoms with Gasteiger partial charge < -0.3 is 20.1 Å². The molecule has 0 unspecified atom stereocenters. The number of hydrogen-bond donors (Lipinski definition) is 1. The van der Waals surface area contributed by atoms with Crippen molar-refractivity contribution in [2.45, 2.75) is 6.92 Å². The minimum absolute atomic E-state index is 0.569. The van der Waals surface area contributed by atoms with Crippen LogP contribution in [0.2, 0.25) is 0 Å². The smallest absolute Gasteiger partial charge is 0.163 e. The summed E-state index contributed by atoms with van der Waals surface area (Å²) in [6.45, 7) is 3.21. The van der Waals surface area contributed by atoms with Gasteiger partial charge in [-0.2, -0.15) is 0 Å². The molecule has 3 rings (SSSR count). The Hall–Kier alpha value is -2.36. The monoisotopic (exact) mass is 270 g/mol. The first-order chi connectivity index (χ1) is 9.65. The predicted octanol–water partition coefficient (Wildman–Crippen LogP) is 3.12. The third kappa shape index (κ3) is 2.25. The zero-order valence-electron chi connectivity index (χ0n) is 11.7. The molecule has 104 valence electrons. The molecule has 2 aromatic rings. The Labute approximate surface area is 118 Å². The summed E-state index contributed by atoms with van der Waals surface area (Å²) in [5.41, 5.74) is 10.0. The average Bonchev–Trinajstić information content (AvgIpc) is 2.46. The second kappa shape index (κ2) is 4.96. The second-order valence-electron chi connectivity index (χ2n) is 4.95. The first-order valence-electron chi connectivity index (χ1n) is 6.64. The van der Waals surface area contributed by atoms with Gasteiger partial charge >= 0.3 is 0 Å². The van der Waals surface area contributed by atoms with E-state index in [2.05, 4.69) is 31.2 Å². The highest BCUT2D eigenvalue weighted by Crippen LogP contribution is 2.40. The quantitative estimate of drug-likeness (QED) is 0.852. The lowest BCUT2D eigenvalue weighted by molar-refractivity contribution is 0.172. The van der Waals surface area contributed by atoms with E-state index in [-0.39, 0.29) is 0 Å². The van der Waals surface area contributed by atoms with Gasteiger partial charge in [0.05, 0.1) is 11.4 Å². The van der Waals surface area contributed by atoms with Crippen LogP contribution in [-0.4, -0.2) is 20.3 Å². The number of benzene rings is 2. The van der Waals surface area contributed by atoms with E-state index in [1.54, 1.807) is 0 Å². The molecule has 1 aliphatic heterocycles. The van der Waals surface area contributed by atoms with Crippen LogP contribution in [0, 0.1) is 6.92 Å². The van der Waals surface area contributed by atoms with Crippen molar-refractivity contribution in [3.63, 3.8) is 0 Å². The lowest BCUT2D eigenvalue weighted by Crippen LogP contribution is -2.17. The zero-order valence-corrected chi connectivity index (χ0v) is 11.7. The van der Waals surface area contributed by atoms with E-state index >= 15 is 0 Å². The topological polar surface area (TPSA) is 47.7 Å². The Bertz CT molecular complexity index is 623. The van der Waals surface area contributed by atoms with Gasteiger partial charge in [0.15, 0.2) is 11.5 Å². The second-order valence-corrected chi connectivity index (χ2v) is 4.95. The molecule has 20 heavy (non-hydrogen) atoms.